The molecule has 1 aliphatic rings. The number of rotatable bonds is 4. The van der Waals surface area contributed by atoms with E-state index >= 15 is 0 Å². The van der Waals surface area contributed by atoms with E-state index < -0.39 is 0 Å². The summed E-state index contributed by atoms with van der Waals surface area (Å²) in [6.45, 7) is 6.52. The van der Waals surface area contributed by atoms with Gasteiger partial charge < -0.3 is 9.15 Å². The van der Waals surface area contributed by atoms with Crippen LogP contribution in [-0.2, 0) is 6.54 Å². The van der Waals surface area contributed by atoms with E-state index in [1.54, 1.807) is 7.11 Å². The van der Waals surface area contributed by atoms with Gasteiger partial charge in [-0.1, -0.05) is 0 Å². The van der Waals surface area contributed by atoms with Gasteiger partial charge in [-0.15, -0.1) is 0 Å². The molecule has 0 fully saturated rings. The van der Waals surface area contributed by atoms with Gasteiger partial charge in [0.1, 0.15) is 5.75 Å². The number of oxazole rings is 1. The molecule has 0 bridgehead atoms. The summed E-state index contributed by atoms with van der Waals surface area (Å²) >= 11 is 0. The SMILES string of the molecule is COc1cc(-c2oc(C)nc2C)ccc1NN1C=Cc2cc(C)ncc2C1. The summed E-state index contributed by atoms with van der Waals surface area (Å²) in [6.07, 6.45) is 6.04. The number of pyridine rings is 1. The second kappa shape index (κ2) is 6.79. The van der Waals surface area contributed by atoms with Crippen molar-refractivity contribution in [2.75, 3.05) is 12.5 Å². The minimum absolute atomic E-state index is 0.657. The van der Waals surface area contributed by atoms with Gasteiger partial charge in [0.15, 0.2) is 11.7 Å². The molecule has 0 radical (unpaired) electrons. The van der Waals surface area contributed by atoms with E-state index in [1.165, 1.54) is 11.1 Å². The zero-order chi connectivity index (χ0) is 19.0. The van der Waals surface area contributed by atoms with E-state index in [0.717, 1.165) is 40.7 Å². The van der Waals surface area contributed by atoms with Crippen LogP contribution in [0, 0.1) is 20.8 Å². The van der Waals surface area contributed by atoms with E-state index in [0.29, 0.717) is 5.89 Å². The van der Waals surface area contributed by atoms with Crippen molar-refractivity contribution >= 4 is 11.8 Å². The average Bonchev–Trinajstić information content (AvgIpc) is 3.00. The van der Waals surface area contributed by atoms with Gasteiger partial charge in [-0.25, -0.2) is 4.98 Å². The lowest BCUT2D eigenvalue weighted by Gasteiger charge is -2.27. The highest BCUT2D eigenvalue weighted by Gasteiger charge is 2.15. The van der Waals surface area contributed by atoms with Gasteiger partial charge in [0, 0.05) is 30.6 Å². The normalized spacial score (nSPS) is 12.8. The molecule has 0 amide bonds. The summed E-state index contributed by atoms with van der Waals surface area (Å²) in [5.74, 6) is 2.16. The first kappa shape index (κ1) is 17.1. The number of aromatic nitrogens is 2. The number of anilines is 1. The second-order valence-corrected chi connectivity index (χ2v) is 6.64. The zero-order valence-corrected chi connectivity index (χ0v) is 15.9. The predicted octanol–water partition coefficient (Wildman–Crippen LogP) is 4.48. The Morgan fingerprint density at radius 2 is 2.04 bits per heavy atom. The smallest absolute Gasteiger partial charge is 0.192 e. The third-order valence-corrected chi connectivity index (χ3v) is 4.57. The van der Waals surface area contributed by atoms with Crippen molar-refractivity contribution in [2.45, 2.75) is 27.3 Å². The molecule has 6 nitrogen and oxygen atoms in total. The van der Waals surface area contributed by atoms with E-state index in [4.69, 9.17) is 9.15 Å². The van der Waals surface area contributed by atoms with Crippen LogP contribution >= 0.6 is 0 Å². The molecule has 4 rings (SSSR count). The fraction of sp³-hybridized carbons (Fsp3) is 0.238. The van der Waals surface area contributed by atoms with Crippen molar-refractivity contribution in [3.05, 3.63) is 65.1 Å². The van der Waals surface area contributed by atoms with Crippen LogP contribution in [0.2, 0.25) is 0 Å². The fourth-order valence-corrected chi connectivity index (χ4v) is 3.26. The van der Waals surface area contributed by atoms with Crippen molar-refractivity contribution in [3.63, 3.8) is 0 Å². The molecule has 0 atom stereocenters. The molecule has 27 heavy (non-hydrogen) atoms. The first-order valence-corrected chi connectivity index (χ1v) is 8.83. The number of nitrogens with zero attached hydrogens (tertiary/aromatic N) is 3. The molecule has 1 aliphatic heterocycles. The maximum atomic E-state index is 5.72. The summed E-state index contributed by atoms with van der Waals surface area (Å²) < 4.78 is 11.3. The van der Waals surface area contributed by atoms with Gasteiger partial charge >= 0.3 is 0 Å². The third kappa shape index (κ3) is 3.38. The number of methoxy groups -OCH3 is 1. The Hall–Kier alpha value is -3.28. The largest absolute Gasteiger partial charge is 0.494 e. The molecule has 6 heteroatoms. The van der Waals surface area contributed by atoms with Crippen molar-refractivity contribution in [2.24, 2.45) is 0 Å². The molecular weight excluding hydrogens is 340 g/mol. The number of aryl methyl sites for hydroxylation is 3. The lowest BCUT2D eigenvalue weighted by molar-refractivity contribution is 0.403. The summed E-state index contributed by atoms with van der Waals surface area (Å²) in [5, 5.41) is 2.01. The molecule has 0 aliphatic carbocycles. The molecule has 0 saturated heterocycles. The number of hydrogen-bond acceptors (Lipinski definition) is 6. The third-order valence-electron chi connectivity index (χ3n) is 4.57. The maximum Gasteiger partial charge on any atom is 0.192 e. The zero-order valence-electron chi connectivity index (χ0n) is 15.9. The van der Waals surface area contributed by atoms with Gasteiger partial charge in [-0.3, -0.25) is 15.4 Å². The summed E-state index contributed by atoms with van der Waals surface area (Å²) in [6, 6.07) is 8.05. The topological polar surface area (TPSA) is 63.4 Å². The van der Waals surface area contributed by atoms with E-state index in [-0.39, 0.29) is 0 Å². The van der Waals surface area contributed by atoms with Crippen LogP contribution in [0.1, 0.15) is 28.4 Å². The van der Waals surface area contributed by atoms with Gasteiger partial charge in [0.2, 0.25) is 0 Å². The molecule has 0 unspecified atom stereocenters. The molecule has 3 heterocycles. The minimum Gasteiger partial charge on any atom is -0.494 e. The molecule has 3 aromatic rings. The van der Waals surface area contributed by atoms with Crippen LogP contribution in [0.15, 0.2) is 41.1 Å². The van der Waals surface area contributed by atoms with Crippen LogP contribution in [-0.4, -0.2) is 22.1 Å². The van der Waals surface area contributed by atoms with Gasteiger partial charge in [-0.2, -0.15) is 0 Å². The van der Waals surface area contributed by atoms with Crippen LogP contribution in [0.3, 0.4) is 0 Å². The predicted molar refractivity (Wildman–Crippen MR) is 105 cm³/mol. The first-order valence-electron chi connectivity index (χ1n) is 8.83. The summed E-state index contributed by atoms with van der Waals surface area (Å²) in [7, 11) is 1.66. The molecule has 1 N–H and O–H groups in total. The number of nitrogens with one attached hydrogen (secondary N) is 1. The Bertz CT molecular complexity index is 1020. The molecule has 1 aromatic carbocycles. The monoisotopic (exact) mass is 362 g/mol. The Kier molecular flexibility index (Phi) is 4.32. The quantitative estimate of drug-likeness (QED) is 0.738. The molecular formula is C21H22N4O2. The van der Waals surface area contributed by atoms with Crippen molar-refractivity contribution in [3.8, 4) is 17.1 Å². The molecule has 0 saturated carbocycles. The Morgan fingerprint density at radius 3 is 2.78 bits per heavy atom. The standard InChI is InChI=1S/C21H22N4O2/c1-13-9-16-7-8-25(12-18(16)11-22-13)24-19-6-5-17(10-20(19)26-4)21-14(2)23-15(3)27-21/h5-11,24H,12H2,1-4H3. The Morgan fingerprint density at radius 1 is 1.19 bits per heavy atom. The summed E-state index contributed by atoms with van der Waals surface area (Å²) in [4.78, 5) is 8.73. The van der Waals surface area contributed by atoms with Crippen molar-refractivity contribution < 1.29 is 9.15 Å². The number of fused-ring (bicyclic) bond motifs is 1. The van der Waals surface area contributed by atoms with E-state index in [2.05, 4.69) is 27.5 Å². The van der Waals surface area contributed by atoms with Gasteiger partial charge in [0.25, 0.3) is 0 Å². The second-order valence-electron chi connectivity index (χ2n) is 6.64. The van der Waals surface area contributed by atoms with Crippen LogP contribution in [0.4, 0.5) is 5.69 Å². The van der Waals surface area contributed by atoms with E-state index in [9.17, 15) is 0 Å². The fourth-order valence-electron chi connectivity index (χ4n) is 3.26. The number of hydrogen-bond donors (Lipinski definition) is 1. The number of hydrazine groups is 1. The Labute approximate surface area is 158 Å². The summed E-state index contributed by atoms with van der Waals surface area (Å²) in [5.41, 5.74) is 9.50. The number of benzene rings is 1. The van der Waals surface area contributed by atoms with Crippen LogP contribution in [0.5, 0.6) is 5.75 Å². The lowest BCUT2D eigenvalue weighted by atomic mass is 10.1. The average molecular weight is 362 g/mol. The molecule has 138 valence electrons. The highest BCUT2D eigenvalue weighted by Crippen LogP contribution is 2.33. The highest BCUT2D eigenvalue weighted by molar-refractivity contribution is 5.69. The highest BCUT2D eigenvalue weighted by atomic mass is 16.5. The molecule has 0 spiro atoms. The van der Waals surface area contributed by atoms with E-state index in [1.807, 2.05) is 56.4 Å². The van der Waals surface area contributed by atoms with Gasteiger partial charge in [-0.05, 0) is 55.3 Å². The first-order chi connectivity index (χ1) is 13.0. The van der Waals surface area contributed by atoms with Gasteiger partial charge in [0.05, 0.1) is 25.0 Å². The Balaban J connectivity index is 1.58. The van der Waals surface area contributed by atoms with Crippen LogP contribution < -0.4 is 10.2 Å². The number of ether oxygens (including phenoxy) is 1. The maximum absolute atomic E-state index is 5.72. The van der Waals surface area contributed by atoms with Crippen molar-refractivity contribution in [1.29, 1.82) is 0 Å². The molecule has 2 aromatic heterocycles. The van der Waals surface area contributed by atoms with Crippen LogP contribution in [0.25, 0.3) is 17.4 Å². The van der Waals surface area contributed by atoms with Crippen molar-refractivity contribution in [1.82, 2.24) is 15.0 Å². The lowest BCUT2D eigenvalue weighted by Crippen LogP contribution is -2.26. The minimum atomic E-state index is 0.657.